The smallest absolute Gasteiger partial charge is 0.141 e. The number of benzene rings is 1. The molecule has 19 heavy (non-hydrogen) atoms. The van der Waals surface area contributed by atoms with Crippen LogP contribution in [0.2, 0.25) is 0 Å². The summed E-state index contributed by atoms with van der Waals surface area (Å²) in [6.45, 7) is 0.716. The van der Waals surface area contributed by atoms with Crippen LogP contribution in [0.15, 0.2) is 53.3 Å². The van der Waals surface area contributed by atoms with Crippen LogP contribution in [0.5, 0.6) is 0 Å². The SMILES string of the molecule is N#Cc1cn(Cc2ccccc2)c2ncc(Br)cc12. The van der Waals surface area contributed by atoms with Gasteiger partial charge in [0.25, 0.3) is 0 Å². The molecular weight excluding hydrogens is 302 g/mol. The highest BCUT2D eigenvalue weighted by Gasteiger charge is 2.10. The Morgan fingerprint density at radius 3 is 2.79 bits per heavy atom. The summed E-state index contributed by atoms with van der Waals surface area (Å²) >= 11 is 3.39. The van der Waals surface area contributed by atoms with Crippen LogP contribution in [0.4, 0.5) is 0 Å². The van der Waals surface area contributed by atoms with Gasteiger partial charge >= 0.3 is 0 Å². The number of pyridine rings is 1. The second kappa shape index (κ2) is 4.87. The van der Waals surface area contributed by atoms with Gasteiger partial charge in [0, 0.05) is 28.8 Å². The van der Waals surface area contributed by atoms with Gasteiger partial charge in [-0.25, -0.2) is 4.98 Å². The van der Waals surface area contributed by atoms with Crippen molar-refractivity contribution in [3.63, 3.8) is 0 Å². The zero-order valence-corrected chi connectivity index (χ0v) is 11.6. The monoisotopic (exact) mass is 311 g/mol. The second-order valence-electron chi connectivity index (χ2n) is 4.29. The maximum Gasteiger partial charge on any atom is 0.141 e. The minimum Gasteiger partial charge on any atom is -0.327 e. The zero-order valence-electron chi connectivity index (χ0n) is 10.0. The van der Waals surface area contributed by atoms with Gasteiger partial charge in [-0.2, -0.15) is 5.26 Å². The molecule has 1 aromatic carbocycles. The summed E-state index contributed by atoms with van der Waals surface area (Å²) in [6.07, 6.45) is 3.61. The first-order chi connectivity index (χ1) is 9.28. The highest BCUT2D eigenvalue weighted by Crippen LogP contribution is 2.23. The van der Waals surface area contributed by atoms with Gasteiger partial charge in [-0.1, -0.05) is 30.3 Å². The lowest BCUT2D eigenvalue weighted by atomic mass is 10.2. The Morgan fingerprint density at radius 2 is 2.05 bits per heavy atom. The quantitative estimate of drug-likeness (QED) is 0.724. The van der Waals surface area contributed by atoms with Crippen molar-refractivity contribution in [2.45, 2.75) is 6.54 Å². The Hall–Kier alpha value is -2.12. The molecule has 0 aliphatic heterocycles. The first-order valence-corrected chi connectivity index (χ1v) is 6.65. The molecule has 0 fully saturated rings. The summed E-state index contributed by atoms with van der Waals surface area (Å²) in [7, 11) is 0. The number of nitrogens with zero attached hydrogens (tertiary/aromatic N) is 3. The first kappa shape index (κ1) is 11.9. The van der Waals surface area contributed by atoms with Crippen LogP contribution in [-0.2, 0) is 6.54 Å². The van der Waals surface area contributed by atoms with Gasteiger partial charge in [0.1, 0.15) is 11.7 Å². The van der Waals surface area contributed by atoms with Crippen molar-refractivity contribution in [3.8, 4) is 6.07 Å². The van der Waals surface area contributed by atoms with E-state index < -0.39 is 0 Å². The fraction of sp³-hybridized carbons (Fsp3) is 0.0667. The Kier molecular flexibility index (Phi) is 3.06. The number of hydrogen-bond donors (Lipinski definition) is 0. The third-order valence-electron chi connectivity index (χ3n) is 3.00. The van der Waals surface area contributed by atoms with Crippen molar-refractivity contribution in [1.29, 1.82) is 5.26 Å². The molecule has 0 atom stereocenters. The number of nitriles is 1. The standard InChI is InChI=1S/C15H10BrN3/c16-13-6-14-12(7-17)10-19(15(14)18-8-13)9-11-4-2-1-3-5-11/h1-6,8,10H,9H2. The van der Waals surface area contributed by atoms with Gasteiger partial charge in [0.2, 0.25) is 0 Å². The zero-order chi connectivity index (χ0) is 13.2. The van der Waals surface area contributed by atoms with E-state index in [2.05, 4.69) is 39.1 Å². The molecule has 0 aliphatic carbocycles. The van der Waals surface area contributed by atoms with Crippen LogP contribution in [0.3, 0.4) is 0 Å². The van der Waals surface area contributed by atoms with Crippen molar-refractivity contribution in [2.24, 2.45) is 0 Å². The number of hydrogen-bond acceptors (Lipinski definition) is 2. The molecule has 3 rings (SSSR count). The molecule has 92 valence electrons. The lowest BCUT2D eigenvalue weighted by Crippen LogP contribution is -1.98. The van der Waals surface area contributed by atoms with E-state index in [1.54, 1.807) is 6.20 Å². The molecule has 2 heterocycles. The van der Waals surface area contributed by atoms with Gasteiger partial charge in [0.15, 0.2) is 0 Å². The summed E-state index contributed by atoms with van der Waals surface area (Å²) in [4.78, 5) is 4.41. The molecule has 0 bridgehead atoms. The summed E-state index contributed by atoms with van der Waals surface area (Å²) in [6, 6.07) is 14.3. The number of rotatable bonds is 2. The molecule has 0 saturated carbocycles. The summed E-state index contributed by atoms with van der Waals surface area (Å²) < 4.78 is 2.89. The largest absolute Gasteiger partial charge is 0.327 e. The molecule has 3 aromatic rings. The third kappa shape index (κ3) is 2.25. The second-order valence-corrected chi connectivity index (χ2v) is 5.21. The van der Waals surface area contributed by atoms with E-state index in [1.165, 1.54) is 5.56 Å². The Morgan fingerprint density at radius 1 is 1.26 bits per heavy atom. The van der Waals surface area contributed by atoms with Crippen LogP contribution in [0.25, 0.3) is 11.0 Å². The summed E-state index contributed by atoms with van der Waals surface area (Å²) in [5, 5.41) is 10.1. The molecule has 0 radical (unpaired) electrons. The van der Waals surface area contributed by atoms with E-state index in [0.717, 1.165) is 15.5 Å². The molecule has 0 unspecified atom stereocenters. The van der Waals surface area contributed by atoms with Crippen molar-refractivity contribution in [2.75, 3.05) is 0 Å². The number of aromatic nitrogens is 2. The maximum absolute atomic E-state index is 9.20. The van der Waals surface area contributed by atoms with E-state index in [9.17, 15) is 5.26 Å². The normalized spacial score (nSPS) is 10.5. The predicted molar refractivity (Wildman–Crippen MR) is 77.7 cm³/mol. The van der Waals surface area contributed by atoms with Crippen LogP contribution >= 0.6 is 15.9 Å². The van der Waals surface area contributed by atoms with E-state index in [-0.39, 0.29) is 0 Å². The molecule has 0 N–H and O–H groups in total. The van der Waals surface area contributed by atoms with Crippen LogP contribution in [0, 0.1) is 11.3 Å². The van der Waals surface area contributed by atoms with Gasteiger partial charge in [-0.15, -0.1) is 0 Å². The topological polar surface area (TPSA) is 41.6 Å². The van der Waals surface area contributed by atoms with Gasteiger partial charge < -0.3 is 4.57 Å². The summed E-state index contributed by atoms with van der Waals surface area (Å²) in [5.74, 6) is 0. The predicted octanol–water partition coefficient (Wildman–Crippen LogP) is 3.72. The number of fused-ring (bicyclic) bond motifs is 1. The van der Waals surface area contributed by atoms with Gasteiger partial charge in [-0.05, 0) is 27.6 Å². The summed E-state index contributed by atoms with van der Waals surface area (Å²) in [5.41, 5.74) is 2.68. The van der Waals surface area contributed by atoms with Crippen molar-refractivity contribution in [1.82, 2.24) is 9.55 Å². The third-order valence-corrected chi connectivity index (χ3v) is 3.43. The van der Waals surface area contributed by atoms with Crippen molar-refractivity contribution >= 4 is 27.0 Å². The molecule has 0 amide bonds. The Bertz CT molecular complexity index is 769. The minimum atomic E-state index is 0.653. The van der Waals surface area contributed by atoms with E-state index in [0.29, 0.717) is 12.1 Å². The Balaban J connectivity index is 2.12. The molecule has 4 heteroatoms. The van der Waals surface area contributed by atoms with Gasteiger partial charge in [-0.3, -0.25) is 0 Å². The molecule has 2 aromatic heterocycles. The maximum atomic E-state index is 9.20. The highest BCUT2D eigenvalue weighted by molar-refractivity contribution is 9.10. The first-order valence-electron chi connectivity index (χ1n) is 5.86. The van der Waals surface area contributed by atoms with Gasteiger partial charge in [0.05, 0.1) is 5.56 Å². The highest BCUT2D eigenvalue weighted by atomic mass is 79.9. The lowest BCUT2D eigenvalue weighted by Gasteiger charge is -2.04. The molecule has 3 nitrogen and oxygen atoms in total. The molecular formula is C15H10BrN3. The van der Waals surface area contributed by atoms with E-state index in [4.69, 9.17) is 0 Å². The van der Waals surface area contributed by atoms with E-state index in [1.807, 2.05) is 35.0 Å². The van der Waals surface area contributed by atoms with Crippen molar-refractivity contribution < 1.29 is 0 Å². The van der Waals surface area contributed by atoms with Crippen LogP contribution in [0.1, 0.15) is 11.1 Å². The lowest BCUT2D eigenvalue weighted by molar-refractivity contribution is 0.824. The fourth-order valence-electron chi connectivity index (χ4n) is 2.14. The molecule has 0 spiro atoms. The Labute approximate surface area is 119 Å². The molecule has 0 saturated heterocycles. The average molecular weight is 312 g/mol. The van der Waals surface area contributed by atoms with Crippen LogP contribution < -0.4 is 0 Å². The molecule has 0 aliphatic rings. The minimum absolute atomic E-state index is 0.653. The fourth-order valence-corrected chi connectivity index (χ4v) is 2.47. The van der Waals surface area contributed by atoms with E-state index >= 15 is 0 Å². The number of halogens is 1. The average Bonchev–Trinajstić information content (AvgIpc) is 2.77. The van der Waals surface area contributed by atoms with Crippen molar-refractivity contribution in [3.05, 3.63) is 64.4 Å². The van der Waals surface area contributed by atoms with Crippen LogP contribution in [-0.4, -0.2) is 9.55 Å².